The summed E-state index contributed by atoms with van der Waals surface area (Å²) in [4.78, 5) is 30.6. The summed E-state index contributed by atoms with van der Waals surface area (Å²) in [5, 5.41) is 5.46. The first-order chi connectivity index (χ1) is 15.3. The van der Waals surface area contributed by atoms with Gasteiger partial charge in [-0.25, -0.2) is 4.98 Å². The van der Waals surface area contributed by atoms with Crippen molar-refractivity contribution in [3.05, 3.63) is 81.1 Å². The third-order valence-electron chi connectivity index (χ3n) is 5.10. The Morgan fingerprint density at radius 2 is 2.03 bits per heavy atom. The highest BCUT2D eigenvalue weighted by Gasteiger charge is 2.20. The topological polar surface area (TPSA) is 82.9 Å². The van der Waals surface area contributed by atoms with Crippen molar-refractivity contribution in [1.82, 2.24) is 19.3 Å². The molecule has 0 spiro atoms. The van der Waals surface area contributed by atoms with Gasteiger partial charge < -0.3 is 4.52 Å². The molecule has 0 N–H and O–H groups in total. The number of thioether (sulfide) groups is 1. The number of allylic oxidation sites excluding steroid dienone is 1. The van der Waals surface area contributed by atoms with E-state index in [-0.39, 0.29) is 17.1 Å². The number of Topliss-reactive ketones (excluding diaryl/α,β-unsaturated/α-hetero) is 1. The van der Waals surface area contributed by atoms with Crippen LogP contribution >= 0.6 is 23.4 Å². The Morgan fingerprint density at radius 1 is 1.25 bits per heavy atom. The molecule has 0 fully saturated rings. The lowest BCUT2D eigenvalue weighted by molar-refractivity contribution is 0.102. The standard InChI is InChI=1S/C23H21ClN4O3S/c1-5-8-27-22(30)17-7-6-16(24)11-19(17)25-23(27)32-12-20(29)18-9-13(2)28(15(18)4)21-10-14(3)31-26-21/h5-7,9-11H,1,8,12H2,2-4H3. The highest BCUT2D eigenvalue weighted by atomic mass is 35.5. The van der Waals surface area contributed by atoms with Crippen LogP contribution in [-0.4, -0.2) is 30.8 Å². The SMILES string of the molecule is C=CCn1c(SCC(=O)c2cc(C)n(-c3cc(C)on3)c2C)nc2cc(Cl)ccc2c1=O. The van der Waals surface area contributed by atoms with Crippen molar-refractivity contribution in [3.8, 4) is 5.82 Å². The smallest absolute Gasteiger partial charge is 0.262 e. The fourth-order valence-electron chi connectivity index (χ4n) is 3.64. The van der Waals surface area contributed by atoms with Crippen LogP contribution in [0.3, 0.4) is 0 Å². The minimum atomic E-state index is -0.193. The predicted octanol–water partition coefficient (Wildman–Crippen LogP) is 4.91. The van der Waals surface area contributed by atoms with Gasteiger partial charge in [0.05, 0.1) is 16.7 Å². The molecule has 4 rings (SSSR count). The lowest BCUT2D eigenvalue weighted by Gasteiger charge is -2.11. The molecule has 0 radical (unpaired) electrons. The summed E-state index contributed by atoms with van der Waals surface area (Å²) >= 11 is 7.29. The molecular weight excluding hydrogens is 448 g/mol. The second kappa shape index (κ2) is 8.80. The van der Waals surface area contributed by atoms with Crippen LogP contribution in [0.15, 0.2) is 57.5 Å². The molecule has 0 saturated carbocycles. The molecule has 3 aromatic heterocycles. The average Bonchev–Trinajstić information content (AvgIpc) is 3.30. The molecule has 0 saturated heterocycles. The van der Waals surface area contributed by atoms with Crippen LogP contribution in [-0.2, 0) is 6.54 Å². The van der Waals surface area contributed by atoms with E-state index in [2.05, 4.69) is 16.7 Å². The van der Waals surface area contributed by atoms with Gasteiger partial charge in [0.15, 0.2) is 16.8 Å². The first-order valence-electron chi connectivity index (χ1n) is 9.89. The molecule has 3 heterocycles. The van der Waals surface area contributed by atoms with Crippen molar-refractivity contribution >= 4 is 40.0 Å². The molecule has 0 bridgehead atoms. The largest absolute Gasteiger partial charge is 0.360 e. The van der Waals surface area contributed by atoms with E-state index >= 15 is 0 Å². The summed E-state index contributed by atoms with van der Waals surface area (Å²) in [5.41, 5.74) is 2.56. The van der Waals surface area contributed by atoms with Gasteiger partial charge in [-0.05, 0) is 45.0 Å². The molecule has 32 heavy (non-hydrogen) atoms. The number of halogens is 1. The van der Waals surface area contributed by atoms with Gasteiger partial charge in [-0.3, -0.25) is 18.7 Å². The van der Waals surface area contributed by atoms with Crippen molar-refractivity contribution in [2.24, 2.45) is 0 Å². The number of rotatable bonds is 7. The van der Waals surface area contributed by atoms with Crippen LogP contribution in [0.5, 0.6) is 0 Å². The third-order valence-corrected chi connectivity index (χ3v) is 6.31. The zero-order valence-corrected chi connectivity index (χ0v) is 19.5. The minimum Gasteiger partial charge on any atom is -0.360 e. The highest BCUT2D eigenvalue weighted by molar-refractivity contribution is 7.99. The molecule has 7 nitrogen and oxygen atoms in total. The third kappa shape index (κ3) is 4.03. The van der Waals surface area contributed by atoms with E-state index in [9.17, 15) is 9.59 Å². The second-order valence-corrected chi connectivity index (χ2v) is 8.77. The van der Waals surface area contributed by atoms with Gasteiger partial charge in [-0.2, -0.15) is 0 Å². The van der Waals surface area contributed by atoms with Gasteiger partial charge in [0.25, 0.3) is 5.56 Å². The van der Waals surface area contributed by atoms with Crippen molar-refractivity contribution in [2.75, 3.05) is 5.75 Å². The average molecular weight is 469 g/mol. The first-order valence-corrected chi connectivity index (χ1v) is 11.3. The highest BCUT2D eigenvalue weighted by Crippen LogP contribution is 2.25. The molecule has 1 aromatic carbocycles. The van der Waals surface area contributed by atoms with E-state index in [1.807, 2.05) is 37.5 Å². The number of aromatic nitrogens is 4. The molecule has 0 atom stereocenters. The summed E-state index contributed by atoms with van der Waals surface area (Å²) in [7, 11) is 0. The molecule has 0 amide bonds. The quantitative estimate of drug-likeness (QED) is 0.166. The fraction of sp³-hybridized carbons (Fsp3) is 0.217. The van der Waals surface area contributed by atoms with E-state index < -0.39 is 0 Å². The molecule has 4 aromatic rings. The van der Waals surface area contributed by atoms with Crippen molar-refractivity contribution in [2.45, 2.75) is 32.5 Å². The van der Waals surface area contributed by atoms with Crippen molar-refractivity contribution in [1.29, 1.82) is 0 Å². The van der Waals surface area contributed by atoms with Gasteiger partial charge in [0.1, 0.15) is 5.76 Å². The molecule has 0 unspecified atom stereocenters. The zero-order valence-electron chi connectivity index (χ0n) is 17.9. The Bertz CT molecular complexity index is 1420. The van der Waals surface area contributed by atoms with Crippen LogP contribution in [0, 0.1) is 20.8 Å². The Balaban J connectivity index is 1.65. The van der Waals surface area contributed by atoms with Crippen LogP contribution in [0.25, 0.3) is 16.7 Å². The zero-order chi connectivity index (χ0) is 23.0. The van der Waals surface area contributed by atoms with E-state index in [4.69, 9.17) is 16.1 Å². The number of nitrogens with zero attached hydrogens (tertiary/aromatic N) is 4. The summed E-state index contributed by atoms with van der Waals surface area (Å²) < 4.78 is 8.58. The van der Waals surface area contributed by atoms with Crippen LogP contribution in [0.4, 0.5) is 0 Å². The van der Waals surface area contributed by atoms with Crippen LogP contribution in [0.2, 0.25) is 5.02 Å². The molecule has 0 aliphatic carbocycles. The van der Waals surface area contributed by atoms with Crippen LogP contribution in [0.1, 0.15) is 27.5 Å². The second-order valence-electron chi connectivity index (χ2n) is 7.39. The number of carbonyl (C=O) groups excluding carboxylic acids is 1. The lowest BCUT2D eigenvalue weighted by Crippen LogP contribution is -2.23. The number of carbonyl (C=O) groups is 1. The summed E-state index contributed by atoms with van der Waals surface area (Å²) in [6.07, 6.45) is 1.63. The normalized spacial score (nSPS) is 11.2. The maximum atomic E-state index is 13.1. The maximum absolute atomic E-state index is 13.1. The summed E-state index contributed by atoms with van der Waals surface area (Å²) in [6.45, 7) is 9.63. The number of fused-ring (bicyclic) bond motifs is 1. The maximum Gasteiger partial charge on any atom is 0.262 e. The number of aryl methyl sites for hydroxylation is 2. The Kier molecular flexibility index (Phi) is 6.08. The predicted molar refractivity (Wildman–Crippen MR) is 126 cm³/mol. The van der Waals surface area contributed by atoms with Gasteiger partial charge in [0.2, 0.25) is 0 Å². The van der Waals surface area contributed by atoms with Gasteiger partial charge in [-0.1, -0.05) is 34.6 Å². The molecule has 164 valence electrons. The lowest BCUT2D eigenvalue weighted by atomic mass is 10.2. The Morgan fingerprint density at radius 3 is 2.72 bits per heavy atom. The first kappa shape index (κ1) is 22.1. The molecule has 9 heteroatoms. The van der Waals surface area contributed by atoms with Crippen molar-refractivity contribution < 1.29 is 9.32 Å². The van der Waals surface area contributed by atoms with E-state index in [1.165, 1.54) is 16.3 Å². The number of hydrogen-bond donors (Lipinski definition) is 0. The Labute approximate surface area is 193 Å². The van der Waals surface area contributed by atoms with Gasteiger partial charge >= 0.3 is 0 Å². The van der Waals surface area contributed by atoms with E-state index in [1.54, 1.807) is 24.3 Å². The monoisotopic (exact) mass is 468 g/mol. The van der Waals surface area contributed by atoms with Crippen molar-refractivity contribution in [3.63, 3.8) is 0 Å². The van der Waals surface area contributed by atoms with Gasteiger partial charge in [-0.15, -0.1) is 6.58 Å². The molecular formula is C23H21ClN4O3S. The van der Waals surface area contributed by atoms with E-state index in [0.29, 0.717) is 44.8 Å². The van der Waals surface area contributed by atoms with Crippen LogP contribution < -0.4 is 5.56 Å². The van der Waals surface area contributed by atoms with Gasteiger partial charge in [0, 0.05) is 34.6 Å². The molecule has 0 aliphatic heterocycles. The summed E-state index contributed by atoms with van der Waals surface area (Å²) in [6, 6.07) is 8.63. The number of benzene rings is 1. The number of hydrogen-bond acceptors (Lipinski definition) is 6. The minimum absolute atomic E-state index is 0.0693. The molecule has 0 aliphatic rings. The number of ketones is 1. The Hall–Kier alpha value is -3.10. The summed E-state index contributed by atoms with van der Waals surface area (Å²) in [5.74, 6) is 1.38. The van der Waals surface area contributed by atoms with E-state index in [0.717, 1.165) is 11.4 Å². The fourth-order valence-corrected chi connectivity index (χ4v) is 4.70.